The topological polar surface area (TPSA) is 24.5 Å². The normalized spacial score (nSPS) is 22.1. The van der Waals surface area contributed by atoms with E-state index in [0.717, 1.165) is 26.1 Å². The Kier molecular flexibility index (Phi) is 4.88. The van der Waals surface area contributed by atoms with Gasteiger partial charge in [0.1, 0.15) is 6.23 Å². The molecule has 1 aliphatic heterocycles. The summed E-state index contributed by atoms with van der Waals surface area (Å²) in [7, 11) is 0. The zero-order valence-corrected chi connectivity index (χ0v) is 14.4. The molecule has 23 heavy (non-hydrogen) atoms. The zero-order chi connectivity index (χ0) is 16.3. The minimum Gasteiger partial charge on any atom is -0.351 e. The molecule has 0 aromatic heterocycles. The van der Waals surface area contributed by atoms with Gasteiger partial charge >= 0.3 is 0 Å². The number of benzene rings is 1. The van der Waals surface area contributed by atoms with Crippen molar-refractivity contribution in [2.75, 3.05) is 24.5 Å². The molecular formula is C20H27N2O. The Bertz CT molecular complexity index is 581. The van der Waals surface area contributed by atoms with Crippen LogP contribution in [0.15, 0.2) is 42.5 Å². The van der Waals surface area contributed by atoms with Crippen molar-refractivity contribution >= 4 is 11.3 Å². The van der Waals surface area contributed by atoms with Crippen LogP contribution in [0.2, 0.25) is 0 Å². The van der Waals surface area contributed by atoms with Gasteiger partial charge in [-0.2, -0.15) is 0 Å². The third-order valence-electron chi connectivity index (χ3n) is 4.08. The second-order valence-corrected chi connectivity index (χ2v) is 7.13. The molecule has 3 heteroatoms. The van der Waals surface area contributed by atoms with E-state index in [1.165, 1.54) is 16.8 Å². The minimum absolute atomic E-state index is 0.0803. The van der Waals surface area contributed by atoms with Crippen molar-refractivity contribution in [3.8, 4) is 0 Å². The molecule has 3 rings (SSSR count). The molecule has 1 aromatic rings. The SMILES string of the molecule is CC(C)(C)OC1CNCCN1c1ccc(C2=C[CH]CC=C2)cc1. The van der Waals surface area contributed by atoms with Crippen LogP contribution in [0.5, 0.6) is 0 Å². The van der Waals surface area contributed by atoms with Gasteiger partial charge in [-0.3, -0.25) is 0 Å². The highest BCUT2D eigenvalue weighted by molar-refractivity contribution is 5.76. The molecule has 1 atom stereocenters. The van der Waals surface area contributed by atoms with Gasteiger partial charge in [-0.15, -0.1) is 0 Å². The molecule has 1 aliphatic carbocycles. The lowest BCUT2D eigenvalue weighted by molar-refractivity contribution is -0.0635. The van der Waals surface area contributed by atoms with E-state index in [-0.39, 0.29) is 11.8 Å². The van der Waals surface area contributed by atoms with Gasteiger partial charge in [-0.25, -0.2) is 0 Å². The predicted octanol–water partition coefficient (Wildman–Crippen LogP) is 3.78. The molecule has 0 spiro atoms. The highest BCUT2D eigenvalue weighted by atomic mass is 16.5. The van der Waals surface area contributed by atoms with Crippen LogP contribution in [0.25, 0.3) is 5.57 Å². The van der Waals surface area contributed by atoms with E-state index in [1.807, 2.05) is 0 Å². The van der Waals surface area contributed by atoms with E-state index >= 15 is 0 Å². The van der Waals surface area contributed by atoms with Crippen LogP contribution < -0.4 is 10.2 Å². The summed E-state index contributed by atoms with van der Waals surface area (Å²) in [5.41, 5.74) is 3.64. The van der Waals surface area contributed by atoms with Crippen LogP contribution in [-0.4, -0.2) is 31.5 Å². The fourth-order valence-corrected chi connectivity index (χ4v) is 3.05. The van der Waals surface area contributed by atoms with Crippen molar-refractivity contribution in [3.05, 3.63) is 54.5 Å². The maximum Gasteiger partial charge on any atom is 0.143 e. The second kappa shape index (κ2) is 6.90. The number of hydrogen-bond acceptors (Lipinski definition) is 3. The number of hydrogen-bond donors (Lipinski definition) is 1. The lowest BCUT2D eigenvalue weighted by atomic mass is 9.99. The average molecular weight is 311 g/mol. The number of anilines is 1. The Morgan fingerprint density at radius 3 is 2.61 bits per heavy atom. The summed E-state index contributed by atoms with van der Waals surface area (Å²) >= 11 is 0. The first-order chi connectivity index (χ1) is 11.0. The lowest BCUT2D eigenvalue weighted by Gasteiger charge is -2.41. The van der Waals surface area contributed by atoms with E-state index in [2.05, 4.69) is 79.9 Å². The van der Waals surface area contributed by atoms with Crippen LogP contribution in [0.1, 0.15) is 32.8 Å². The molecule has 1 saturated heterocycles. The van der Waals surface area contributed by atoms with Crippen molar-refractivity contribution in [1.29, 1.82) is 0 Å². The first-order valence-corrected chi connectivity index (χ1v) is 8.49. The third kappa shape index (κ3) is 4.24. The highest BCUT2D eigenvalue weighted by Gasteiger charge is 2.27. The number of rotatable bonds is 3. The van der Waals surface area contributed by atoms with Crippen molar-refractivity contribution in [3.63, 3.8) is 0 Å². The Balaban J connectivity index is 1.76. The summed E-state index contributed by atoms with van der Waals surface area (Å²) < 4.78 is 6.23. The summed E-state index contributed by atoms with van der Waals surface area (Å²) in [5.74, 6) is 0. The van der Waals surface area contributed by atoms with E-state index in [4.69, 9.17) is 4.74 Å². The van der Waals surface area contributed by atoms with Crippen LogP contribution in [0, 0.1) is 6.42 Å². The molecule has 3 nitrogen and oxygen atoms in total. The quantitative estimate of drug-likeness (QED) is 0.919. The van der Waals surface area contributed by atoms with Gasteiger partial charge in [-0.05, 0) is 56.9 Å². The molecular weight excluding hydrogens is 284 g/mol. The van der Waals surface area contributed by atoms with Gasteiger partial charge in [-0.1, -0.05) is 30.4 Å². The van der Waals surface area contributed by atoms with E-state index in [9.17, 15) is 0 Å². The molecule has 0 saturated carbocycles. The molecule has 1 radical (unpaired) electrons. The summed E-state index contributed by atoms with van der Waals surface area (Å²) in [4.78, 5) is 2.36. The van der Waals surface area contributed by atoms with Crippen molar-refractivity contribution in [2.45, 2.75) is 39.0 Å². The van der Waals surface area contributed by atoms with Crippen LogP contribution >= 0.6 is 0 Å². The van der Waals surface area contributed by atoms with Gasteiger partial charge in [0.05, 0.1) is 5.60 Å². The molecule has 123 valence electrons. The van der Waals surface area contributed by atoms with E-state index in [0.29, 0.717) is 0 Å². The monoisotopic (exact) mass is 311 g/mol. The van der Waals surface area contributed by atoms with Gasteiger partial charge in [0.25, 0.3) is 0 Å². The van der Waals surface area contributed by atoms with Crippen molar-refractivity contribution in [2.24, 2.45) is 0 Å². The molecule has 0 bridgehead atoms. The summed E-state index contributed by atoms with van der Waals surface area (Å²) in [6.45, 7) is 9.16. The predicted molar refractivity (Wildman–Crippen MR) is 97.3 cm³/mol. The number of ether oxygens (including phenoxy) is 1. The van der Waals surface area contributed by atoms with E-state index < -0.39 is 0 Å². The fourth-order valence-electron chi connectivity index (χ4n) is 3.05. The Morgan fingerprint density at radius 2 is 1.96 bits per heavy atom. The van der Waals surface area contributed by atoms with Crippen molar-refractivity contribution in [1.82, 2.24) is 5.32 Å². The maximum absolute atomic E-state index is 6.23. The van der Waals surface area contributed by atoms with Gasteiger partial charge in [0, 0.05) is 25.3 Å². The maximum atomic E-state index is 6.23. The first kappa shape index (κ1) is 16.3. The first-order valence-electron chi connectivity index (χ1n) is 8.49. The van der Waals surface area contributed by atoms with Crippen LogP contribution in [-0.2, 0) is 4.74 Å². The smallest absolute Gasteiger partial charge is 0.143 e. The minimum atomic E-state index is -0.143. The van der Waals surface area contributed by atoms with E-state index in [1.54, 1.807) is 0 Å². The lowest BCUT2D eigenvalue weighted by Crippen LogP contribution is -2.54. The number of piperazine rings is 1. The summed E-state index contributed by atoms with van der Waals surface area (Å²) in [5, 5.41) is 3.43. The third-order valence-corrected chi connectivity index (χ3v) is 4.08. The average Bonchev–Trinajstić information content (AvgIpc) is 2.55. The molecule has 2 aliphatic rings. The second-order valence-electron chi connectivity index (χ2n) is 7.13. The Hall–Kier alpha value is -1.58. The molecule has 1 fully saturated rings. The highest BCUT2D eigenvalue weighted by Crippen LogP contribution is 2.26. The Labute approximate surface area is 140 Å². The number of nitrogens with zero attached hydrogens (tertiary/aromatic N) is 1. The molecule has 1 heterocycles. The molecule has 1 N–H and O–H groups in total. The van der Waals surface area contributed by atoms with Gasteiger partial charge < -0.3 is 15.0 Å². The largest absolute Gasteiger partial charge is 0.351 e. The fraction of sp³-hybridized carbons (Fsp3) is 0.450. The molecule has 1 unspecified atom stereocenters. The standard InChI is InChI=1S/C20H27N2O/c1-20(2,3)23-19-15-21-13-14-22(19)18-11-9-17(10-12-18)16-7-5-4-6-8-16/h5-12,19,21H,4,13-15H2,1-3H3. The number of nitrogens with one attached hydrogen (secondary N) is 1. The van der Waals surface area contributed by atoms with Gasteiger partial charge in [0.2, 0.25) is 0 Å². The number of allylic oxidation sites excluding steroid dienone is 4. The van der Waals surface area contributed by atoms with Crippen LogP contribution in [0.3, 0.4) is 0 Å². The summed E-state index contributed by atoms with van der Waals surface area (Å²) in [6.07, 6.45) is 9.92. The zero-order valence-electron chi connectivity index (χ0n) is 14.4. The summed E-state index contributed by atoms with van der Waals surface area (Å²) in [6, 6.07) is 8.84. The molecule has 1 aromatic carbocycles. The van der Waals surface area contributed by atoms with Crippen LogP contribution in [0.4, 0.5) is 5.69 Å². The van der Waals surface area contributed by atoms with Crippen molar-refractivity contribution < 1.29 is 4.74 Å². The van der Waals surface area contributed by atoms with Gasteiger partial charge in [0.15, 0.2) is 0 Å². The molecule has 0 amide bonds. The Morgan fingerprint density at radius 1 is 1.17 bits per heavy atom.